The number of nitrogens with one attached hydrogen (secondary N) is 1. The van der Waals surface area contributed by atoms with E-state index in [1.807, 2.05) is 0 Å². The van der Waals surface area contributed by atoms with Crippen molar-refractivity contribution in [1.82, 2.24) is 20.1 Å². The molecular formula is C19H14F2N4O4S. The van der Waals surface area contributed by atoms with Gasteiger partial charge in [0.15, 0.2) is 16.5 Å². The molecule has 1 saturated heterocycles. The number of carbonyl (C=O) groups is 1. The molecule has 2 aliphatic heterocycles. The number of rotatable bonds is 3. The monoisotopic (exact) mass is 432 g/mol. The molecule has 2 atom stereocenters. The fourth-order valence-electron chi connectivity index (χ4n) is 3.71. The number of nitrogens with zero attached hydrogens (tertiary/aromatic N) is 3. The van der Waals surface area contributed by atoms with E-state index in [2.05, 4.69) is 15.5 Å². The molecule has 1 fully saturated rings. The van der Waals surface area contributed by atoms with Crippen LogP contribution in [0.1, 0.15) is 27.1 Å². The second kappa shape index (κ2) is 6.96. The smallest absolute Gasteiger partial charge is 0.272 e. The maximum atomic E-state index is 13.9. The minimum Gasteiger partial charge on any atom is -0.503 e. The molecule has 8 nitrogen and oxygen atoms in total. The van der Waals surface area contributed by atoms with Gasteiger partial charge in [-0.2, -0.15) is 0 Å². The number of halogens is 2. The second-order valence-electron chi connectivity index (χ2n) is 7.07. The fraction of sp³-hybridized carbons (Fsp3) is 0.263. The van der Waals surface area contributed by atoms with E-state index in [1.54, 1.807) is 4.57 Å². The summed E-state index contributed by atoms with van der Waals surface area (Å²) in [5, 5.41) is 21.8. The van der Waals surface area contributed by atoms with E-state index < -0.39 is 28.7 Å². The Balaban J connectivity index is 1.54. The highest BCUT2D eigenvalue weighted by atomic mass is 32.1. The number of pyridine rings is 1. The van der Waals surface area contributed by atoms with Gasteiger partial charge in [0.1, 0.15) is 16.6 Å². The molecule has 0 unspecified atom stereocenters. The number of amides is 1. The minimum absolute atomic E-state index is 0.0724. The molecule has 2 aromatic heterocycles. The number of aromatic nitrogens is 3. The molecule has 2 aliphatic rings. The largest absolute Gasteiger partial charge is 0.503 e. The third-order valence-electron chi connectivity index (χ3n) is 5.20. The molecule has 0 saturated carbocycles. The zero-order valence-corrected chi connectivity index (χ0v) is 16.1. The summed E-state index contributed by atoms with van der Waals surface area (Å²) in [6.45, 7) is 0.662. The van der Waals surface area contributed by atoms with Gasteiger partial charge in [-0.1, -0.05) is 17.4 Å². The van der Waals surface area contributed by atoms with E-state index in [0.717, 1.165) is 23.5 Å². The first kappa shape index (κ1) is 18.8. The van der Waals surface area contributed by atoms with Gasteiger partial charge in [0.25, 0.3) is 5.91 Å². The Hall–Kier alpha value is -3.18. The molecule has 5 rings (SSSR count). The van der Waals surface area contributed by atoms with Gasteiger partial charge in [0.05, 0.1) is 30.9 Å². The lowest BCUT2D eigenvalue weighted by atomic mass is 10.0. The minimum atomic E-state index is -0.746. The van der Waals surface area contributed by atoms with Crippen molar-refractivity contribution in [2.24, 2.45) is 0 Å². The first-order valence-corrected chi connectivity index (χ1v) is 9.87. The number of ether oxygens (including phenoxy) is 1. The van der Waals surface area contributed by atoms with Gasteiger partial charge < -0.3 is 19.7 Å². The van der Waals surface area contributed by atoms with Gasteiger partial charge in [0, 0.05) is 18.7 Å². The number of hydrogen-bond acceptors (Lipinski definition) is 7. The van der Waals surface area contributed by atoms with E-state index in [0.29, 0.717) is 18.2 Å². The standard InChI is InChI=1S/C19H14F2N4O4S/c20-9-2-1-8(11(21)4-9)3-14-23-24-19(30-14)10-5-25-13-7-29-6-12(13)22-18(28)15(25)17(27)16(10)26/h1-2,4-5,12-13,27H,3,6-7H2,(H,22,28)/t12-,13-/m1/s1. The summed E-state index contributed by atoms with van der Waals surface area (Å²) < 4.78 is 34.0. The Labute approximate surface area is 171 Å². The molecule has 1 amide bonds. The highest BCUT2D eigenvalue weighted by molar-refractivity contribution is 7.14. The SMILES string of the molecule is O=C1N[C@@H]2COC[C@H]2n2cc(-c3nnc(Cc4ccc(F)cc4F)s3)c(=O)c(O)c21. The molecule has 1 aromatic carbocycles. The molecule has 11 heteroatoms. The first-order chi connectivity index (χ1) is 14.4. The summed E-state index contributed by atoms with van der Waals surface area (Å²) >= 11 is 1.05. The van der Waals surface area contributed by atoms with Crippen molar-refractivity contribution in [3.8, 4) is 16.3 Å². The average molecular weight is 432 g/mol. The predicted molar refractivity (Wildman–Crippen MR) is 102 cm³/mol. The van der Waals surface area contributed by atoms with E-state index in [4.69, 9.17) is 4.74 Å². The molecule has 3 aromatic rings. The van der Waals surface area contributed by atoms with E-state index >= 15 is 0 Å². The molecule has 2 N–H and O–H groups in total. The van der Waals surface area contributed by atoms with E-state index in [1.165, 1.54) is 12.3 Å². The lowest BCUT2D eigenvalue weighted by molar-refractivity contribution is 0.0886. The zero-order chi connectivity index (χ0) is 21.0. The van der Waals surface area contributed by atoms with Crippen LogP contribution in [0.3, 0.4) is 0 Å². The van der Waals surface area contributed by atoms with E-state index in [9.17, 15) is 23.5 Å². The Kier molecular flexibility index (Phi) is 4.36. The summed E-state index contributed by atoms with van der Waals surface area (Å²) in [6.07, 6.45) is 1.55. The average Bonchev–Trinajstić information content (AvgIpc) is 3.36. The normalized spacial score (nSPS) is 20.0. The number of hydrogen-bond donors (Lipinski definition) is 2. The van der Waals surface area contributed by atoms with Crippen LogP contribution in [0.15, 0.2) is 29.2 Å². The topological polar surface area (TPSA) is 106 Å². The van der Waals surface area contributed by atoms with Crippen LogP contribution >= 0.6 is 11.3 Å². The molecule has 0 aliphatic carbocycles. The van der Waals surface area contributed by atoms with Crippen molar-refractivity contribution >= 4 is 17.2 Å². The summed E-state index contributed by atoms with van der Waals surface area (Å²) in [5.74, 6) is -2.59. The van der Waals surface area contributed by atoms with Gasteiger partial charge >= 0.3 is 0 Å². The lowest BCUT2D eigenvalue weighted by Gasteiger charge is -2.30. The highest BCUT2D eigenvalue weighted by Crippen LogP contribution is 2.32. The van der Waals surface area contributed by atoms with Crippen LogP contribution in [0, 0.1) is 11.6 Å². The van der Waals surface area contributed by atoms with Crippen molar-refractivity contribution < 1.29 is 23.4 Å². The Morgan fingerprint density at radius 1 is 1.27 bits per heavy atom. The van der Waals surface area contributed by atoms with Gasteiger partial charge in [-0.05, 0) is 11.6 Å². The molecule has 0 spiro atoms. The molecule has 0 bridgehead atoms. The van der Waals surface area contributed by atoms with Crippen LogP contribution in [0.2, 0.25) is 0 Å². The van der Waals surface area contributed by atoms with Crippen LogP contribution in [-0.2, 0) is 11.2 Å². The molecule has 4 heterocycles. The number of fused-ring (bicyclic) bond motifs is 3. The lowest BCUT2D eigenvalue weighted by Crippen LogP contribution is -2.48. The second-order valence-corrected chi connectivity index (χ2v) is 8.14. The van der Waals surface area contributed by atoms with Crippen LogP contribution in [0.5, 0.6) is 5.75 Å². The van der Waals surface area contributed by atoms with Crippen LogP contribution in [0.25, 0.3) is 10.6 Å². The zero-order valence-electron chi connectivity index (χ0n) is 15.3. The Morgan fingerprint density at radius 2 is 2.10 bits per heavy atom. The van der Waals surface area contributed by atoms with Gasteiger partial charge in [-0.3, -0.25) is 9.59 Å². The maximum absolute atomic E-state index is 13.9. The predicted octanol–water partition coefficient (Wildman–Crippen LogP) is 1.62. The van der Waals surface area contributed by atoms with Crippen molar-refractivity contribution in [2.75, 3.05) is 13.2 Å². The number of carbonyl (C=O) groups excluding carboxylic acids is 1. The van der Waals surface area contributed by atoms with E-state index in [-0.39, 0.29) is 40.3 Å². The first-order valence-electron chi connectivity index (χ1n) is 9.05. The molecule has 30 heavy (non-hydrogen) atoms. The van der Waals surface area contributed by atoms with Gasteiger partial charge in [-0.15, -0.1) is 10.2 Å². The van der Waals surface area contributed by atoms with Crippen molar-refractivity contribution in [2.45, 2.75) is 18.5 Å². The maximum Gasteiger partial charge on any atom is 0.272 e. The van der Waals surface area contributed by atoms with Crippen molar-refractivity contribution in [3.05, 3.63) is 62.5 Å². The summed E-state index contributed by atoms with van der Waals surface area (Å²) in [7, 11) is 0. The molecular weight excluding hydrogens is 418 g/mol. The Morgan fingerprint density at radius 3 is 2.90 bits per heavy atom. The summed E-state index contributed by atoms with van der Waals surface area (Å²) in [5.41, 5.74) is -0.537. The Bertz CT molecular complexity index is 1240. The quantitative estimate of drug-likeness (QED) is 0.652. The van der Waals surface area contributed by atoms with Crippen molar-refractivity contribution in [1.29, 1.82) is 0 Å². The third-order valence-corrected chi connectivity index (χ3v) is 6.16. The summed E-state index contributed by atoms with van der Waals surface area (Å²) in [4.78, 5) is 25.0. The van der Waals surface area contributed by atoms with Crippen LogP contribution < -0.4 is 10.7 Å². The molecule has 0 radical (unpaired) electrons. The third kappa shape index (κ3) is 2.97. The van der Waals surface area contributed by atoms with Gasteiger partial charge in [-0.25, -0.2) is 8.78 Å². The van der Waals surface area contributed by atoms with Crippen LogP contribution in [-0.4, -0.2) is 45.0 Å². The van der Waals surface area contributed by atoms with Crippen molar-refractivity contribution in [3.63, 3.8) is 0 Å². The number of aromatic hydroxyl groups is 1. The van der Waals surface area contributed by atoms with Crippen LogP contribution in [0.4, 0.5) is 8.78 Å². The van der Waals surface area contributed by atoms with Gasteiger partial charge in [0.2, 0.25) is 5.43 Å². The fourth-order valence-corrected chi connectivity index (χ4v) is 4.58. The summed E-state index contributed by atoms with van der Waals surface area (Å²) in [6, 6.07) is 2.75. The molecule has 154 valence electrons. The number of benzene rings is 1. The highest BCUT2D eigenvalue weighted by Gasteiger charge is 2.39.